The van der Waals surface area contributed by atoms with E-state index in [1.165, 1.54) is 15.3 Å². The summed E-state index contributed by atoms with van der Waals surface area (Å²) in [7, 11) is -3.66. The summed E-state index contributed by atoms with van der Waals surface area (Å²) < 4.78 is 51.5. The maximum Gasteiger partial charge on any atom is 0.242 e. The molecule has 1 saturated carbocycles. The van der Waals surface area contributed by atoms with Crippen LogP contribution >= 0.6 is 0 Å². The smallest absolute Gasteiger partial charge is 0.242 e. The Hall–Kier alpha value is -3.34. The molecule has 0 radical (unpaired) electrons. The number of ether oxygens (including phenoxy) is 2. The lowest BCUT2D eigenvalue weighted by Gasteiger charge is -2.31. The summed E-state index contributed by atoms with van der Waals surface area (Å²) in [6, 6.07) is 10.3. The molecule has 4 rings (SSSR count). The van der Waals surface area contributed by atoms with E-state index >= 15 is 0 Å². The summed E-state index contributed by atoms with van der Waals surface area (Å²) in [5, 5.41) is 3.05. The Morgan fingerprint density at radius 1 is 1.08 bits per heavy atom. The molecule has 0 aromatic heterocycles. The molecule has 0 saturated heterocycles. The Morgan fingerprint density at radius 2 is 1.79 bits per heavy atom. The quantitative estimate of drug-likeness (QED) is 0.445. The number of halogens is 1. The van der Waals surface area contributed by atoms with Crippen LogP contribution in [0.3, 0.4) is 0 Å². The monoisotopic (exact) mass is 561 g/mol. The van der Waals surface area contributed by atoms with Gasteiger partial charge in [-0.2, -0.15) is 0 Å². The number of carbonyl (C=O) groups is 2. The minimum absolute atomic E-state index is 0.0218. The van der Waals surface area contributed by atoms with Crippen molar-refractivity contribution in [1.82, 2.24) is 10.2 Å². The first-order chi connectivity index (χ1) is 18.6. The highest BCUT2D eigenvalue weighted by Crippen LogP contribution is 2.36. The second kappa shape index (κ2) is 12.7. The number of amides is 2. The minimum atomic E-state index is -3.66. The Labute approximate surface area is 229 Å². The topological polar surface area (TPSA) is 105 Å². The van der Waals surface area contributed by atoms with Crippen molar-refractivity contribution in [2.24, 2.45) is 0 Å². The van der Waals surface area contributed by atoms with E-state index in [0.29, 0.717) is 22.7 Å². The van der Waals surface area contributed by atoms with E-state index in [1.54, 1.807) is 43.3 Å². The third kappa shape index (κ3) is 7.40. The molecular weight excluding hydrogens is 525 g/mol. The fourth-order valence-corrected chi connectivity index (χ4v) is 5.96. The first-order valence-corrected chi connectivity index (χ1v) is 15.2. The van der Waals surface area contributed by atoms with Crippen LogP contribution in [0.5, 0.6) is 11.5 Å². The molecule has 9 nitrogen and oxygen atoms in total. The molecule has 1 aliphatic heterocycles. The second-order valence-corrected chi connectivity index (χ2v) is 12.0. The van der Waals surface area contributed by atoms with Gasteiger partial charge in [0.2, 0.25) is 28.6 Å². The lowest BCUT2D eigenvalue weighted by atomic mass is 9.95. The standard InChI is InChI=1S/C28H36FN3O6S/c1-20(28(34)30-22-10-4-3-5-11-22)31(18-21-9-6-7-12-24(21)29)27(33)13-8-16-32(39(2,35)36)23-14-15-25-26(17-23)38-19-37-25/h6-7,9,12,14-15,17,20,22H,3-5,8,10-11,13,16,18-19H2,1-2H3,(H,30,34). The number of rotatable bonds is 11. The van der Waals surface area contributed by atoms with Crippen molar-refractivity contribution in [2.45, 2.75) is 70.5 Å². The van der Waals surface area contributed by atoms with Crippen molar-refractivity contribution >= 4 is 27.5 Å². The molecule has 2 aromatic rings. The number of anilines is 1. The van der Waals surface area contributed by atoms with Gasteiger partial charge in [0.25, 0.3) is 0 Å². The number of carbonyl (C=O) groups excluding carboxylic acids is 2. The predicted octanol–water partition coefficient (Wildman–Crippen LogP) is 3.97. The van der Waals surface area contributed by atoms with Crippen molar-refractivity contribution in [3.05, 3.63) is 53.8 Å². The van der Waals surface area contributed by atoms with Gasteiger partial charge in [-0.05, 0) is 44.4 Å². The molecular formula is C28H36FN3O6S. The number of nitrogens with one attached hydrogen (secondary N) is 1. The molecule has 2 aromatic carbocycles. The predicted molar refractivity (Wildman–Crippen MR) is 145 cm³/mol. The van der Waals surface area contributed by atoms with E-state index < -0.39 is 21.9 Å². The van der Waals surface area contributed by atoms with Gasteiger partial charge in [0.05, 0.1) is 11.9 Å². The van der Waals surface area contributed by atoms with Crippen LogP contribution in [0, 0.1) is 5.82 Å². The lowest BCUT2D eigenvalue weighted by Crippen LogP contribution is -2.50. The molecule has 212 valence electrons. The molecule has 11 heteroatoms. The molecule has 1 atom stereocenters. The molecule has 1 fully saturated rings. The molecule has 1 unspecified atom stereocenters. The average molecular weight is 562 g/mol. The van der Waals surface area contributed by atoms with E-state index in [1.807, 2.05) is 0 Å². The fourth-order valence-electron chi connectivity index (χ4n) is 5.01. The largest absolute Gasteiger partial charge is 0.454 e. The zero-order valence-corrected chi connectivity index (χ0v) is 23.2. The second-order valence-electron chi connectivity index (χ2n) is 10.1. The van der Waals surface area contributed by atoms with Crippen LogP contribution in [0.1, 0.15) is 57.4 Å². The van der Waals surface area contributed by atoms with Crippen LogP contribution in [-0.2, 0) is 26.2 Å². The summed E-state index contributed by atoms with van der Waals surface area (Å²) in [5.74, 6) is -0.104. The molecule has 1 N–H and O–H groups in total. The number of hydrogen-bond donors (Lipinski definition) is 1. The lowest BCUT2D eigenvalue weighted by molar-refractivity contribution is -0.141. The van der Waals surface area contributed by atoms with Crippen LogP contribution in [-0.4, -0.2) is 56.8 Å². The average Bonchev–Trinajstić information content (AvgIpc) is 3.38. The first kappa shape index (κ1) is 28.7. The van der Waals surface area contributed by atoms with Crippen LogP contribution in [0.4, 0.5) is 10.1 Å². The number of sulfonamides is 1. The summed E-state index contributed by atoms with van der Waals surface area (Å²) in [4.78, 5) is 27.9. The SMILES string of the molecule is CC(C(=O)NC1CCCCC1)N(Cc1ccccc1F)C(=O)CCCN(c1ccc2c(c1)OCO2)S(C)(=O)=O. The van der Waals surface area contributed by atoms with Gasteiger partial charge in [-0.15, -0.1) is 0 Å². The van der Waals surface area contributed by atoms with Crippen LogP contribution in [0.15, 0.2) is 42.5 Å². The van der Waals surface area contributed by atoms with Gasteiger partial charge in [-0.25, -0.2) is 12.8 Å². The van der Waals surface area contributed by atoms with Crippen molar-refractivity contribution in [2.75, 3.05) is 23.9 Å². The fraction of sp³-hybridized carbons (Fsp3) is 0.500. The summed E-state index contributed by atoms with van der Waals surface area (Å²) in [6.45, 7) is 1.69. The number of hydrogen-bond acceptors (Lipinski definition) is 6. The van der Waals surface area contributed by atoms with E-state index in [2.05, 4.69) is 5.32 Å². The molecule has 39 heavy (non-hydrogen) atoms. The number of nitrogens with zero attached hydrogens (tertiary/aromatic N) is 2. The maximum atomic E-state index is 14.5. The van der Waals surface area contributed by atoms with Crippen molar-refractivity contribution in [3.8, 4) is 11.5 Å². The molecule has 0 spiro atoms. The Balaban J connectivity index is 1.45. The van der Waals surface area contributed by atoms with E-state index in [4.69, 9.17) is 9.47 Å². The van der Waals surface area contributed by atoms with Gasteiger partial charge < -0.3 is 19.7 Å². The minimum Gasteiger partial charge on any atom is -0.454 e. The van der Waals surface area contributed by atoms with Crippen LogP contribution in [0.25, 0.3) is 0 Å². The summed E-state index contributed by atoms with van der Waals surface area (Å²) >= 11 is 0. The normalized spacial score (nSPS) is 16.0. The third-order valence-corrected chi connectivity index (χ3v) is 8.41. The van der Waals surface area contributed by atoms with Crippen LogP contribution in [0.2, 0.25) is 0 Å². The van der Waals surface area contributed by atoms with Gasteiger partial charge in [-0.1, -0.05) is 37.5 Å². The van der Waals surface area contributed by atoms with Gasteiger partial charge >= 0.3 is 0 Å². The number of benzene rings is 2. The Kier molecular flexibility index (Phi) is 9.32. The zero-order chi connectivity index (χ0) is 28.0. The molecule has 2 aliphatic rings. The maximum absolute atomic E-state index is 14.5. The highest BCUT2D eigenvalue weighted by Gasteiger charge is 2.29. The van der Waals surface area contributed by atoms with Crippen molar-refractivity contribution in [1.29, 1.82) is 0 Å². The summed E-state index contributed by atoms with van der Waals surface area (Å²) in [5.41, 5.74) is 0.707. The Bertz CT molecular complexity index is 1280. The van der Waals surface area contributed by atoms with Gasteiger partial charge in [0.1, 0.15) is 11.9 Å². The molecule has 1 heterocycles. The van der Waals surface area contributed by atoms with Gasteiger partial charge in [-0.3, -0.25) is 13.9 Å². The highest BCUT2D eigenvalue weighted by atomic mass is 32.2. The molecule has 2 amide bonds. The Morgan fingerprint density at radius 3 is 2.51 bits per heavy atom. The van der Waals surface area contributed by atoms with Crippen LogP contribution < -0.4 is 19.1 Å². The third-order valence-electron chi connectivity index (χ3n) is 7.21. The van der Waals surface area contributed by atoms with E-state index in [-0.39, 0.29) is 50.6 Å². The highest BCUT2D eigenvalue weighted by molar-refractivity contribution is 7.92. The molecule has 0 bridgehead atoms. The van der Waals surface area contributed by atoms with Crippen molar-refractivity contribution in [3.63, 3.8) is 0 Å². The van der Waals surface area contributed by atoms with Gasteiger partial charge in [0, 0.05) is 37.2 Å². The van der Waals surface area contributed by atoms with E-state index in [0.717, 1.165) is 38.4 Å². The van der Waals surface area contributed by atoms with Crippen molar-refractivity contribution < 1.29 is 31.9 Å². The van der Waals surface area contributed by atoms with Gasteiger partial charge in [0.15, 0.2) is 11.5 Å². The molecule has 1 aliphatic carbocycles. The van der Waals surface area contributed by atoms with E-state index in [9.17, 15) is 22.4 Å². The summed E-state index contributed by atoms with van der Waals surface area (Å²) in [6.07, 6.45) is 6.34. The number of fused-ring (bicyclic) bond motifs is 1. The zero-order valence-electron chi connectivity index (χ0n) is 22.4. The first-order valence-electron chi connectivity index (χ1n) is 13.3.